The molecule has 2 N–H and O–H groups in total. The Labute approximate surface area is 115 Å². The van der Waals surface area contributed by atoms with Crippen LogP contribution in [-0.4, -0.2) is 68.2 Å². The fraction of sp³-hybridized carbons (Fsp3) is 0.909. The second-order valence-electron chi connectivity index (χ2n) is 4.32. The summed E-state index contributed by atoms with van der Waals surface area (Å²) in [5.74, 6) is -0.245. The summed E-state index contributed by atoms with van der Waals surface area (Å²) in [5, 5.41) is 5.75. The minimum atomic E-state index is -3.57. The zero-order valence-corrected chi connectivity index (χ0v) is 12.7. The maximum absolute atomic E-state index is 12.5. The lowest BCUT2D eigenvalue weighted by Gasteiger charge is -2.36. The van der Waals surface area contributed by atoms with E-state index in [2.05, 4.69) is 10.6 Å². The van der Waals surface area contributed by atoms with E-state index in [0.29, 0.717) is 39.3 Å². The molecule has 1 aliphatic heterocycles. The predicted octanol–water partition coefficient (Wildman–Crippen LogP) is -1.02. The number of amides is 1. The van der Waals surface area contributed by atoms with E-state index in [0.717, 1.165) is 0 Å². The Hall–Kier alpha value is -0.700. The van der Waals surface area contributed by atoms with Gasteiger partial charge in [-0.1, -0.05) is 13.8 Å². The minimum absolute atomic E-state index is 0.245. The summed E-state index contributed by atoms with van der Waals surface area (Å²) in [6.07, 6.45) is 0. The molecule has 0 aromatic carbocycles. The molecule has 0 aromatic rings. The fourth-order valence-electron chi connectivity index (χ4n) is 2.18. The summed E-state index contributed by atoms with van der Waals surface area (Å²) in [6.45, 7) is 7.96. The molecule has 112 valence electrons. The van der Waals surface area contributed by atoms with E-state index >= 15 is 0 Å². The molecule has 8 heteroatoms. The molecule has 0 aromatic heterocycles. The zero-order chi connectivity index (χ0) is 14.5. The largest absolute Gasteiger partial charge is 0.355 e. The molecule has 0 aliphatic carbocycles. The van der Waals surface area contributed by atoms with Crippen LogP contribution in [0.3, 0.4) is 0 Å². The Kier molecular flexibility index (Phi) is 6.18. The van der Waals surface area contributed by atoms with Gasteiger partial charge in [-0.05, 0) is 6.92 Å². The van der Waals surface area contributed by atoms with Crippen molar-refractivity contribution in [2.24, 2.45) is 0 Å². The summed E-state index contributed by atoms with van der Waals surface area (Å²) in [7, 11) is -3.57. The van der Waals surface area contributed by atoms with Crippen LogP contribution in [0.15, 0.2) is 0 Å². The van der Waals surface area contributed by atoms with Crippen molar-refractivity contribution in [2.45, 2.75) is 26.8 Å². The van der Waals surface area contributed by atoms with Gasteiger partial charge >= 0.3 is 0 Å². The van der Waals surface area contributed by atoms with Gasteiger partial charge in [0, 0.05) is 39.3 Å². The molecule has 1 rings (SSSR count). The third-order valence-electron chi connectivity index (χ3n) is 3.18. The first-order valence-electron chi connectivity index (χ1n) is 6.74. The van der Waals surface area contributed by atoms with E-state index in [-0.39, 0.29) is 5.91 Å². The molecule has 19 heavy (non-hydrogen) atoms. The molecule has 1 fully saturated rings. The lowest BCUT2D eigenvalue weighted by Crippen LogP contribution is -2.62. The molecular formula is C11H24N4O3S. The molecule has 1 atom stereocenters. The topological polar surface area (TPSA) is 81.8 Å². The third kappa shape index (κ3) is 3.65. The second-order valence-corrected chi connectivity index (χ2v) is 6.20. The average molecular weight is 292 g/mol. The van der Waals surface area contributed by atoms with Crippen LogP contribution in [0.5, 0.6) is 0 Å². The maximum Gasteiger partial charge on any atom is 0.282 e. The number of carbonyl (C=O) groups excluding carboxylic acids is 1. The maximum atomic E-state index is 12.5. The molecule has 1 unspecified atom stereocenters. The standard InChI is InChI=1S/C11H24N4O3S/c1-4-13-11(16)10-9-12-7-8-15(10)19(17,18)14(5-2)6-3/h10,12H,4-9H2,1-3H3,(H,13,16). The van der Waals surface area contributed by atoms with Gasteiger partial charge in [0.15, 0.2) is 0 Å². The lowest BCUT2D eigenvalue weighted by atomic mass is 10.2. The monoisotopic (exact) mass is 292 g/mol. The number of likely N-dealkylation sites (N-methyl/N-ethyl adjacent to an activating group) is 1. The third-order valence-corrected chi connectivity index (χ3v) is 5.37. The molecular weight excluding hydrogens is 268 g/mol. The van der Waals surface area contributed by atoms with Crippen LogP contribution in [0.2, 0.25) is 0 Å². The van der Waals surface area contributed by atoms with Gasteiger partial charge in [0.25, 0.3) is 10.2 Å². The van der Waals surface area contributed by atoms with E-state index in [4.69, 9.17) is 0 Å². The van der Waals surface area contributed by atoms with Crippen molar-refractivity contribution >= 4 is 16.1 Å². The zero-order valence-electron chi connectivity index (χ0n) is 11.8. The highest BCUT2D eigenvalue weighted by atomic mass is 32.2. The Balaban J connectivity index is 2.96. The van der Waals surface area contributed by atoms with Crippen molar-refractivity contribution in [3.05, 3.63) is 0 Å². The summed E-state index contributed by atoms with van der Waals surface area (Å²) >= 11 is 0. The summed E-state index contributed by atoms with van der Waals surface area (Å²) in [5.41, 5.74) is 0. The molecule has 0 bridgehead atoms. The van der Waals surface area contributed by atoms with Gasteiger partial charge in [-0.25, -0.2) is 0 Å². The first-order valence-corrected chi connectivity index (χ1v) is 8.14. The molecule has 1 heterocycles. The van der Waals surface area contributed by atoms with Crippen LogP contribution in [-0.2, 0) is 15.0 Å². The van der Waals surface area contributed by atoms with Crippen molar-refractivity contribution in [3.8, 4) is 0 Å². The summed E-state index contributed by atoms with van der Waals surface area (Å²) < 4.78 is 27.7. The number of nitrogens with zero attached hydrogens (tertiary/aromatic N) is 2. The van der Waals surface area contributed by atoms with Gasteiger partial charge in [0.2, 0.25) is 5.91 Å². The molecule has 0 radical (unpaired) electrons. The van der Waals surface area contributed by atoms with Crippen LogP contribution in [0.4, 0.5) is 0 Å². The van der Waals surface area contributed by atoms with Crippen LogP contribution in [0.1, 0.15) is 20.8 Å². The van der Waals surface area contributed by atoms with Crippen molar-refractivity contribution in [1.29, 1.82) is 0 Å². The van der Waals surface area contributed by atoms with Gasteiger partial charge in [0.05, 0.1) is 0 Å². The fourth-order valence-corrected chi connectivity index (χ4v) is 3.94. The smallest absolute Gasteiger partial charge is 0.282 e. The normalized spacial score (nSPS) is 21.6. The number of carbonyl (C=O) groups is 1. The lowest BCUT2D eigenvalue weighted by molar-refractivity contribution is -0.125. The number of hydrogen-bond acceptors (Lipinski definition) is 4. The number of nitrogens with one attached hydrogen (secondary N) is 2. The first-order chi connectivity index (χ1) is 8.98. The molecule has 0 spiro atoms. The Morgan fingerprint density at radius 1 is 1.37 bits per heavy atom. The van der Waals surface area contributed by atoms with Crippen LogP contribution >= 0.6 is 0 Å². The van der Waals surface area contributed by atoms with Crippen molar-refractivity contribution in [2.75, 3.05) is 39.3 Å². The second kappa shape index (κ2) is 7.18. The van der Waals surface area contributed by atoms with E-state index < -0.39 is 16.3 Å². The number of rotatable bonds is 6. The van der Waals surface area contributed by atoms with Gasteiger partial charge in [-0.2, -0.15) is 17.0 Å². The van der Waals surface area contributed by atoms with Gasteiger partial charge in [-0.3, -0.25) is 4.79 Å². The van der Waals surface area contributed by atoms with Gasteiger partial charge in [-0.15, -0.1) is 0 Å². The minimum Gasteiger partial charge on any atom is -0.355 e. The molecule has 1 amide bonds. The Morgan fingerprint density at radius 2 is 2.00 bits per heavy atom. The molecule has 7 nitrogen and oxygen atoms in total. The number of hydrogen-bond donors (Lipinski definition) is 2. The van der Waals surface area contributed by atoms with Crippen LogP contribution in [0.25, 0.3) is 0 Å². The first kappa shape index (κ1) is 16.4. The molecule has 1 aliphatic rings. The highest BCUT2D eigenvalue weighted by Gasteiger charge is 2.38. The Bertz CT molecular complexity index is 395. The molecule has 0 saturated carbocycles. The Morgan fingerprint density at radius 3 is 2.53 bits per heavy atom. The highest BCUT2D eigenvalue weighted by Crippen LogP contribution is 2.14. The van der Waals surface area contributed by atoms with E-state index in [1.807, 2.05) is 6.92 Å². The van der Waals surface area contributed by atoms with E-state index in [1.54, 1.807) is 13.8 Å². The van der Waals surface area contributed by atoms with Crippen molar-refractivity contribution < 1.29 is 13.2 Å². The van der Waals surface area contributed by atoms with Crippen LogP contribution < -0.4 is 10.6 Å². The quantitative estimate of drug-likeness (QED) is 0.657. The van der Waals surface area contributed by atoms with Gasteiger partial charge in [0.1, 0.15) is 6.04 Å². The summed E-state index contributed by atoms with van der Waals surface area (Å²) in [4.78, 5) is 12.0. The van der Waals surface area contributed by atoms with Crippen LogP contribution in [0, 0.1) is 0 Å². The predicted molar refractivity (Wildman–Crippen MR) is 73.9 cm³/mol. The highest BCUT2D eigenvalue weighted by molar-refractivity contribution is 7.86. The van der Waals surface area contributed by atoms with Gasteiger partial charge < -0.3 is 10.6 Å². The summed E-state index contributed by atoms with van der Waals surface area (Å²) in [6, 6.07) is -0.667. The average Bonchev–Trinajstić information content (AvgIpc) is 2.40. The van der Waals surface area contributed by atoms with E-state index in [1.165, 1.54) is 8.61 Å². The number of piperazine rings is 1. The van der Waals surface area contributed by atoms with E-state index in [9.17, 15) is 13.2 Å². The van der Waals surface area contributed by atoms with Crippen molar-refractivity contribution in [1.82, 2.24) is 19.2 Å². The van der Waals surface area contributed by atoms with Crippen molar-refractivity contribution in [3.63, 3.8) is 0 Å². The molecule has 1 saturated heterocycles. The SMILES string of the molecule is CCNC(=O)C1CNCCN1S(=O)(=O)N(CC)CC.